The van der Waals surface area contributed by atoms with Crippen LogP contribution in [0.2, 0.25) is 0 Å². The Balaban J connectivity index is 3.04. The number of pyridine rings is 1. The van der Waals surface area contributed by atoms with Crippen molar-refractivity contribution in [1.82, 2.24) is 4.98 Å². The highest BCUT2D eigenvalue weighted by atomic mass is 19.4. The summed E-state index contributed by atoms with van der Waals surface area (Å²) in [6, 6.07) is 0.838. The van der Waals surface area contributed by atoms with E-state index in [1.807, 2.05) is 0 Å². The second-order valence-electron chi connectivity index (χ2n) is 2.53. The molecule has 7 heteroatoms. The molecule has 0 spiro atoms. The van der Waals surface area contributed by atoms with E-state index in [1.54, 1.807) is 0 Å². The van der Waals surface area contributed by atoms with Crippen molar-refractivity contribution in [3.8, 4) is 5.75 Å². The van der Waals surface area contributed by atoms with E-state index in [9.17, 15) is 17.6 Å². The van der Waals surface area contributed by atoms with Gasteiger partial charge in [-0.05, 0) is 13.0 Å². The number of ether oxygens (including phenoxy) is 1. The lowest BCUT2D eigenvalue weighted by Gasteiger charge is -2.10. The number of halogens is 4. The fourth-order valence-electron chi connectivity index (χ4n) is 0.786. The largest absolute Gasteiger partial charge is 0.573 e. The minimum atomic E-state index is -4.86. The molecule has 0 amide bonds. The Bertz CT molecular complexity index is 350. The van der Waals surface area contributed by atoms with Gasteiger partial charge in [-0.25, -0.2) is 0 Å². The summed E-state index contributed by atoms with van der Waals surface area (Å²) in [6.07, 6.45) is -4.86. The summed E-state index contributed by atoms with van der Waals surface area (Å²) in [5, 5.41) is 0. The van der Waals surface area contributed by atoms with Crippen LogP contribution in [0.15, 0.2) is 6.07 Å². The zero-order chi connectivity index (χ0) is 10.9. The molecule has 0 aliphatic carbocycles. The zero-order valence-electron chi connectivity index (χ0n) is 7.02. The number of alkyl halides is 3. The first-order valence-corrected chi connectivity index (χ1v) is 3.48. The molecule has 0 aliphatic heterocycles. The second kappa shape index (κ2) is 3.32. The highest BCUT2D eigenvalue weighted by Crippen LogP contribution is 2.28. The molecule has 2 N–H and O–H groups in total. The average Bonchev–Trinajstić information content (AvgIpc) is 1.97. The molecule has 78 valence electrons. The van der Waals surface area contributed by atoms with Gasteiger partial charge in [0.05, 0.1) is 0 Å². The van der Waals surface area contributed by atoms with Crippen molar-refractivity contribution in [1.29, 1.82) is 0 Å². The predicted octanol–water partition coefficient (Wildman–Crippen LogP) is 2.01. The van der Waals surface area contributed by atoms with Gasteiger partial charge in [0, 0.05) is 5.56 Å². The first-order chi connectivity index (χ1) is 6.29. The molecule has 0 unspecified atom stereocenters. The van der Waals surface area contributed by atoms with Gasteiger partial charge in [-0.2, -0.15) is 9.37 Å². The van der Waals surface area contributed by atoms with Crippen LogP contribution in [-0.2, 0) is 0 Å². The Morgan fingerprint density at radius 1 is 1.43 bits per heavy atom. The third kappa shape index (κ3) is 2.48. The Hall–Kier alpha value is -1.53. The number of hydrogen-bond acceptors (Lipinski definition) is 3. The molecular formula is C7H6F4N2O. The van der Waals surface area contributed by atoms with Gasteiger partial charge in [-0.3, -0.25) is 0 Å². The molecule has 0 fully saturated rings. The Morgan fingerprint density at radius 2 is 2.00 bits per heavy atom. The number of nitrogen functional groups attached to an aromatic ring is 1. The quantitative estimate of drug-likeness (QED) is 0.569. The molecule has 14 heavy (non-hydrogen) atoms. The van der Waals surface area contributed by atoms with Gasteiger partial charge in [0.15, 0.2) is 11.6 Å². The first-order valence-electron chi connectivity index (χ1n) is 3.48. The maximum atomic E-state index is 12.7. The molecule has 1 rings (SSSR count). The van der Waals surface area contributed by atoms with E-state index in [0.29, 0.717) is 0 Å². The van der Waals surface area contributed by atoms with Gasteiger partial charge in [0.25, 0.3) is 0 Å². The second-order valence-corrected chi connectivity index (χ2v) is 2.53. The summed E-state index contributed by atoms with van der Waals surface area (Å²) in [5.74, 6) is -2.25. The average molecular weight is 210 g/mol. The van der Waals surface area contributed by atoms with E-state index in [2.05, 4.69) is 9.72 Å². The molecule has 0 aliphatic rings. The molecule has 0 radical (unpaired) electrons. The van der Waals surface area contributed by atoms with Crippen LogP contribution < -0.4 is 10.5 Å². The van der Waals surface area contributed by atoms with Crippen LogP contribution in [0.4, 0.5) is 23.4 Å². The van der Waals surface area contributed by atoms with Crippen LogP contribution in [0.25, 0.3) is 0 Å². The fraction of sp³-hybridized carbons (Fsp3) is 0.286. The van der Waals surface area contributed by atoms with Gasteiger partial charge < -0.3 is 10.5 Å². The summed E-state index contributed by atoms with van der Waals surface area (Å²) in [4.78, 5) is 3.04. The third-order valence-corrected chi connectivity index (χ3v) is 1.37. The van der Waals surface area contributed by atoms with Crippen LogP contribution in [0.1, 0.15) is 5.56 Å². The van der Waals surface area contributed by atoms with Crippen LogP contribution in [0.5, 0.6) is 5.75 Å². The molecule has 3 nitrogen and oxygen atoms in total. The maximum absolute atomic E-state index is 12.7. The lowest BCUT2D eigenvalue weighted by molar-refractivity contribution is -0.274. The Morgan fingerprint density at radius 3 is 2.50 bits per heavy atom. The van der Waals surface area contributed by atoms with E-state index < -0.39 is 23.9 Å². The zero-order valence-corrected chi connectivity index (χ0v) is 7.02. The monoisotopic (exact) mass is 210 g/mol. The number of nitrogens with zero attached hydrogens (tertiary/aromatic N) is 1. The molecule has 0 saturated heterocycles. The van der Waals surface area contributed by atoms with E-state index in [1.165, 1.54) is 6.92 Å². The molecule has 0 atom stereocenters. The highest BCUT2D eigenvalue weighted by molar-refractivity contribution is 5.47. The lowest BCUT2D eigenvalue weighted by Crippen LogP contribution is -2.18. The smallest absolute Gasteiger partial charge is 0.402 e. The van der Waals surface area contributed by atoms with E-state index in [4.69, 9.17) is 5.73 Å². The summed E-state index contributed by atoms with van der Waals surface area (Å²) in [5.41, 5.74) is 4.95. The Labute approximate surface area is 76.5 Å². The minimum Gasteiger partial charge on any atom is -0.402 e. The summed E-state index contributed by atoms with van der Waals surface area (Å²) in [7, 11) is 0. The van der Waals surface area contributed by atoms with Gasteiger partial charge in [0.2, 0.25) is 5.95 Å². The van der Waals surface area contributed by atoms with E-state index in [-0.39, 0.29) is 5.56 Å². The molecular weight excluding hydrogens is 204 g/mol. The first kappa shape index (κ1) is 10.6. The minimum absolute atomic E-state index is 0.0709. The van der Waals surface area contributed by atoms with E-state index >= 15 is 0 Å². The fourth-order valence-corrected chi connectivity index (χ4v) is 0.786. The molecule has 0 bridgehead atoms. The number of rotatable bonds is 1. The molecule has 1 heterocycles. The lowest BCUT2D eigenvalue weighted by atomic mass is 10.3. The summed E-state index contributed by atoms with van der Waals surface area (Å²) < 4.78 is 51.4. The van der Waals surface area contributed by atoms with Crippen molar-refractivity contribution >= 4 is 5.82 Å². The normalized spacial score (nSPS) is 11.5. The molecule has 0 aromatic carbocycles. The van der Waals surface area contributed by atoms with Crippen molar-refractivity contribution in [2.75, 3.05) is 5.73 Å². The number of aryl methyl sites for hydroxylation is 1. The summed E-state index contributed by atoms with van der Waals surface area (Å²) >= 11 is 0. The van der Waals surface area contributed by atoms with Crippen molar-refractivity contribution in [3.05, 3.63) is 17.6 Å². The van der Waals surface area contributed by atoms with Crippen molar-refractivity contribution in [3.63, 3.8) is 0 Å². The standard InChI is InChI=1S/C7H6F4N2O/c1-3-2-4(14-7(9,10)11)6(12)13-5(3)8/h2H,1H3,(H2,12,13). The number of anilines is 1. The van der Waals surface area contributed by atoms with Crippen molar-refractivity contribution < 1.29 is 22.3 Å². The molecule has 0 saturated carbocycles. The third-order valence-electron chi connectivity index (χ3n) is 1.37. The van der Waals surface area contributed by atoms with Crippen LogP contribution in [-0.4, -0.2) is 11.3 Å². The van der Waals surface area contributed by atoms with Gasteiger partial charge in [-0.1, -0.05) is 0 Å². The van der Waals surface area contributed by atoms with Crippen LogP contribution in [0, 0.1) is 12.9 Å². The SMILES string of the molecule is Cc1cc(OC(F)(F)F)c(N)nc1F. The maximum Gasteiger partial charge on any atom is 0.573 e. The van der Waals surface area contributed by atoms with Crippen molar-refractivity contribution in [2.45, 2.75) is 13.3 Å². The highest BCUT2D eigenvalue weighted by Gasteiger charge is 2.32. The van der Waals surface area contributed by atoms with Gasteiger partial charge in [0.1, 0.15) is 0 Å². The topological polar surface area (TPSA) is 48.1 Å². The van der Waals surface area contributed by atoms with Crippen LogP contribution >= 0.6 is 0 Å². The van der Waals surface area contributed by atoms with Gasteiger partial charge in [-0.15, -0.1) is 13.2 Å². The molecule has 1 aromatic heterocycles. The summed E-state index contributed by atoms with van der Waals surface area (Å²) in [6.45, 7) is 1.25. The Kier molecular flexibility index (Phi) is 2.50. The predicted molar refractivity (Wildman–Crippen MR) is 40.0 cm³/mol. The van der Waals surface area contributed by atoms with Crippen LogP contribution in [0.3, 0.4) is 0 Å². The van der Waals surface area contributed by atoms with Crippen molar-refractivity contribution in [2.24, 2.45) is 0 Å². The number of aromatic nitrogens is 1. The van der Waals surface area contributed by atoms with Gasteiger partial charge >= 0.3 is 6.36 Å². The van der Waals surface area contributed by atoms with E-state index in [0.717, 1.165) is 6.07 Å². The number of hydrogen-bond donors (Lipinski definition) is 1. The molecule has 1 aromatic rings. The number of nitrogens with two attached hydrogens (primary N) is 1.